The Morgan fingerprint density at radius 1 is 1.06 bits per heavy atom. The van der Waals surface area contributed by atoms with Crippen LogP contribution in [0.2, 0.25) is 0 Å². The number of rotatable bonds is 3. The molecule has 0 spiro atoms. The summed E-state index contributed by atoms with van der Waals surface area (Å²) >= 11 is 0. The lowest BCUT2D eigenvalue weighted by Crippen LogP contribution is -2.36. The summed E-state index contributed by atoms with van der Waals surface area (Å²) in [4.78, 5) is 2.62. The maximum absolute atomic E-state index is 5.79. The van der Waals surface area contributed by atoms with Gasteiger partial charge in [0.15, 0.2) is 0 Å². The predicted molar refractivity (Wildman–Crippen MR) is 66.8 cm³/mol. The van der Waals surface area contributed by atoms with Crippen molar-refractivity contribution in [3.63, 3.8) is 0 Å². The Balaban J connectivity index is 1.62. The quantitative estimate of drug-likeness (QED) is 0.791. The van der Waals surface area contributed by atoms with Crippen LogP contribution < -0.4 is 5.32 Å². The van der Waals surface area contributed by atoms with Crippen molar-refractivity contribution < 1.29 is 4.74 Å². The van der Waals surface area contributed by atoms with Crippen LogP contribution in [-0.4, -0.2) is 50.3 Å². The zero-order valence-corrected chi connectivity index (χ0v) is 10.4. The lowest BCUT2D eigenvalue weighted by Gasteiger charge is -2.28. The van der Waals surface area contributed by atoms with Gasteiger partial charge in [0.05, 0.1) is 6.10 Å². The second-order valence-corrected chi connectivity index (χ2v) is 5.08. The van der Waals surface area contributed by atoms with Crippen LogP contribution in [-0.2, 0) is 4.74 Å². The molecule has 2 fully saturated rings. The molecule has 1 atom stereocenters. The molecule has 1 N–H and O–H groups in total. The summed E-state index contributed by atoms with van der Waals surface area (Å²) in [5, 5.41) is 3.46. The Morgan fingerprint density at radius 2 is 1.88 bits per heavy atom. The van der Waals surface area contributed by atoms with Gasteiger partial charge in [-0.05, 0) is 64.7 Å². The van der Waals surface area contributed by atoms with Crippen molar-refractivity contribution in [1.29, 1.82) is 0 Å². The SMILES string of the molecule is C1CCC(CCN2CCCNCCC2)OC1. The first-order chi connectivity index (χ1) is 7.95. The third kappa shape index (κ3) is 4.40. The molecule has 3 nitrogen and oxygen atoms in total. The van der Waals surface area contributed by atoms with E-state index in [1.54, 1.807) is 0 Å². The minimum atomic E-state index is 0.553. The molecule has 0 bridgehead atoms. The Bertz CT molecular complexity index is 173. The van der Waals surface area contributed by atoms with Gasteiger partial charge in [-0.1, -0.05) is 0 Å². The average molecular weight is 226 g/mol. The molecule has 0 aromatic heterocycles. The van der Waals surface area contributed by atoms with Crippen molar-refractivity contribution in [3.05, 3.63) is 0 Å². The monoisotopic (exact) mass is 226 g/mol. The molecule has 2 heterocycles. The molecule has 2 aliphatic rings. The first-order valence-corrected chi connectivity index (χ1v) is 7.00. The van der Waals surface area contributed by atoms with E-state index in [1.165, 1.54) is 71.2 Å². The summed E-state index contributed by atoms with van der Waals surface area (Å²) in [6.07, 6.45) is 8.32. The molecule has 2 rings (SSSR count). The predicted octanol–water partition coefficient (Wildman–Crippen LogP) is 1.63. The number of hydrogen-bond donors (Lipinski definition) is 1. The van der Waals surface area contributed by atoms with E-state index < -0.39 is 0 Å². The van der Waals surface area contributed by atoms with Gasteiger partial charge < -0.3 is 15.0 Å². The normalized spacial score (nSPS) is 29.6. The molecule has 0 aromatic rings. The molecule has 2 aliphatic heterocycles. The standard InChI is InChI=1S/C13H26N2O/c1-2-12-16-13(5-1)6-11-15-9-3-7-14-8-4-10-15/h13-14H,1-12H2. The zero-order chi connectivity index (χ0) is 11.1. The number of ether oxygens (including phenoxy) is 1. The van der Waals surface area contributed by atoms with Crippen LogP contribution >= 0.6 is 0 Å². The summed E-state index contributed by atoms with van der Waals surface area (Å²) < 4.78 is 5.79. The van der Waals surface area contributed by atoms with E-state index in [2.05, 4.69) is 10.2 Å². The minimum Gasteiger partial charge on any atom is -0.378 e. The van der Waals surface area contributed by atoms with Crippen LogP contribution in [0.15, 0.2) is 0 Å². The van der Waals surface area contributed by atoms with Gasteiger partial charge in [0.2, 0.25) is 0 Å². The molecule has 2 saturated heterocycles. The summed E-state index contributed by atoms with van der Waals surface area (Å²) in [5.74, 6) is 0. The van der Waals surface area contributed by atoms with Gasteiger partial charge in [-0.2, -0.15) is 0 Å². The molecule has 16 heavy (non-hydrogen) atoms. The lowest BCUT2D eigenvalue weighted by atomic mass is 10.1. The van der Waals surface area contributed by atoms with Crippen molar-refractivity contribution in [2.45, 2.75) is 44.6 Å². The molecule has 0 aromatic carbocycles. The zero-order valence-electron chi connectivity index (χ0n) is 10.4. The second kappa shape index (κ2) is 7.25. The largest absolute Gasteiger partial charge is 0.378 e. The Kier molecular flexibility index (Phi) is 5.59. The topological polar surface area (TPSA) is 24.5 Å². The van der Waals surface area contributed by atoms with Crippen LogP contribution in [0, 0.1) is 0 Å². The summed E-state index contributed by atoms with van der Waals surface area (Å²) in [7, 11) is 0. The molecular weight excluding hydrogens is 200 g/mol. The molecule has 0 amide bonds. The first kappa shape index (κ1) is 12.3. The summed E-state index contributed by atoms with van der Waals surface area (Å²) in [6.45, 7) is 7.14. The van der Waals surface area contributed by atoms with Crippen LogP contribution in [0.4, 0.5) is 0 Å². The van der Waals surface area contributed by atoms with Gasteiger partial charge in [-0.15, -0.1) is 0 Å². The van der Waals surface area contributed by atoms with Gasteiger partial charge >= 0.3 is 0 Å². The highest BCUT2D eigenvalue weighted by Crippen LogP contribution is 2.16. The smallest absolute Gasteiger partial charge is 0.0587 e. The Labute approximate surface area is 99.5 Å². The van der Waals surface area contributed by atoms with E-state index in [-0.39, 0.29) is 0 Å². The summed E-state index contributed by atoms with van der Waals surface area (Å²) in [6, 6.07) is 0. The van der Waals surface area contributed by atoms with E-state index in [1.807, 2.05) is 0 Å². The molecule has 0 aliphatic carbocycles. The highest BCUT2D eigenvalue weighted by molar-refractivity contribution is 4.69. The van der Waals surface area contributed by atoms with E-state index in [0.29, 0.717) is 6.10 Å². The van der Waals surface area contributed by atoms with Crippen LogP contribution in [0.1, 0.15) is 38.5 Å². The van der Waals surface area contributed by atoms with Gasteiger partial charge in [0, 0.05) is 13.2 Å². The third-order valence-electron chi connectivity index (χ3n) is 3.70. The van der Waals surface area contributed by atoms with Gasteiger partial charge in [0.1, 0.15) is 0 Å². The molecule has 1 unspecified atom stereocenters. The number of nitrogens with zero attached hydrogens (tertiary/aromatic N) is 1. The van der Waals surface area contributed by atoms with E-state index in [0.717, 1.165) is 6.61 Å². The fourth-order valence-electron chi connectivity index (χ4n) is 2.68. The van der Waals surface area contributed by atoms with Crippen LogP contribution in [0.5, 0.6) is 0 Å². The minimum absolute atomic E-state index is 0.553. The van der Waals surface area contributed by atoms with Crippen LogP contribution in [0.25, 0.3) is 0 Å². The molecule has 94 valence electrons. The maximum atomic E-state index is 5.79. The van der Waals surface area contributed by atoms with Gasteiger partial charge in [-0.3, -0.25) is 0 Å². The van der Waals surface area contributed by atoms with Crippen molar-refractivity contribution in [3.8, 4) is 0 Å². The highest BCUT2D eigenvalue weighted by Gasteiger charge is 2.15. The number of hydrogen-bond acceptors (Lipinski definition) is 3. The van der Waals surface area contributed by atoms with Crippen molar-refractivity contribution in [2.24, 2.45) is 0 Å². The van der Waals surface area contributed by atoms with Crippen molar-refractivity contribution in [1.82, 2.24) is 10.2 Å². The molecule has 0 radical (unpaired) electrons. The molecular formula is C13H26N2O. The maximum Gasteiger partial charge on any atom is 0.0587 e. The number of nitrogens with one attached hydrogen (secondary N) is 1. The third-order valence-corrected chi connectivity index (χ3v) is 3.70. The van der Waals surface area contributed by atoms with E-state index in [9.17, 15) is 0 Å². The lowest BCUT2D eigenvalue weighted by molar-refractivity contribution is 0.00524. The Morgan fingerprint density at radius 3 is 2.56 bits per heavy atom. The molecule has 3 heteroatoms. The van der Waals surface area contributed by atoms with E-state index in [4.69, 9.17) is 4.74 Å². The first-order valence-electron chi connectivity index (χ1n) is 7.00. The molecule has 0 saturated carbocycles. The van der Waals surface area contributed by atoms with E-state index >= 15 is 0 Å². The second-order valence-electron chi connectivity index (χ2n) is 5.08. The fraction of sp³-hybridized carbons (Fsp3) is 1.00. The van der Waals surface area contributed by atoms with Gasteiger partial charge in [0.25, 0.3) is 0 Å². The van der Waals surface area contributed by atoms with Crippen LogP contribution in [0.3, 0.4) is 0 Å². The summed E-state index contributed by atoms with van der Waals surface area (Å²) in [5.41, 5.74) is 0. The Hall–Kier alpha value is -0.120. The van der Waals surface area contributed by atoms with Crippen molar-refractivity contribution >= 4 is 0 Å². The fourth-order valence-corrected chi connectivity index (χ4v) is 2.68. The highest BCUT2D eigenvalue weighted by atomic mass is 16.5. The average Bonchev–Trinajstić information content (AvgIpc) is 2.29. The van der Waals surface area contributed by atoms with Gasteiger partial charge in [-0.25, -0.2) is 0 Å². The van der Waals surface area contributed by atoms with Crippen molar-refractivity contribution in [2.75, 3.05) is 39.3 Å².